The molecule has 0 spiro atoms. The Balaban J connectivity index is 3.23. The lowest BCUT2D eigenvalue weighted by atomic mass is 9.88. The second-order valence-corrected chi connectivity index (χ2v) is 16.1. The average Bonchev–Trinajstić information content (AvgIpc) is 2.80. The smallest absolute Gasteiger partial charge is 0.192 e. The van der Waals surface area contributed by atoms with Gasteiger partial charge in [0.25, 0.3) is 0 Å². The summed E-state index contributed by atoms with van der Waals surface area (Å²) in [6.07, 6.45) is 6.23. The van der Waals surface area contributed by atoms with Gasteiger partial charge in [-0.25, -0.2) is 0 Å². The van der Waals surface area contributed by atoms with Gasteiger partial charge in [-0.2, -0.15) is 0 Å². The molecule has 35 heavy (non-hydrogen) atoms. The highest BCUT2D eigenvalue weighted by Crippen LogP contribution is 2.40. The van der Waals surface area contributed by atoms with Crippen LogP contribution in [0.2, 0.25) is 18.1 Å². The van der Waals surface area contributed by atoms with Crippen molar-refractivity contribution < 1.29 is 19.0 Å². The number of rotatable bonds is 14. The van der Waals surface area contributed by atoms with Gasteiger partial charge < -0.3 is 19.0 Å². The van der Waals surface area contributed by atoms with E-state index >= 15 is 0 Å². The van der Waals surface area contributed by atoms with Gasteiger partial charge in [0.1, 0.15) is 5.75 Å². The molecule has 200 valence electrons. The fraction of sp³-hybridized carbons (Fsp3) is 0.667. The van der Waals surface area contributed by atoms with E-state index < -0.39 is 8.32 Å². The summed E-state index contributed by atoms with van der Waals surface area (Å²) in [4.78, 5) is 0. The molecule has 1 N–H and O–H groups in total. The SMILES string of the molecule is C/C=C(\C)[C@H](O[Si](C)(C)C(C)(C)C)[C@H](/C=C(\C)[C@@H](OCc1ccc(OC)cc1)[C@@H](C)CCO)CC. The first-order valence-electron chi connectivity index (χ1n) is 13.2. The van der Waals surface area contributed by atoms with Crippen molar-refractivity contribution in [1.82, 2.24) is 0 Å². The van der Waals surface area contributed by atoms with Gasteiger partial charge in [0, 0.05) is 12.5 Å². The van der Waals surface area contributed by atoms with E-state index in [-0.39, 0.29) is 35.7 Å². The van der Waals surface area contributed by atoms with E-state index in [2.05, 4.69) is 80.6 Å². The van der Waals surface area contributed by atoms with Crippen LogP contribution in [0.5, 0.6) is 5.75 Å². The second-order valence-electron chi connectivity index (χ2n) is 11.4. The number of aliphatic hydroxyl groups excluding tert-OH is 1. The summed E-state index contributed by atoms with van der Waals surface area (Å²) >= 11 is 0. The van der Waals surface area contributed by atoms with Crippen LogP contribution < -0.4 is 4.74 Å². The maximum Gasteiger partial charge on any atom is 0.192 e. The highest BCUT2D eigenvalue weighted by molar-refractivity contribution is 6.74. The third kappa shape index (κ3) is 9.53. The van der Waals surface area contributed by atoms with Gasteiger partial charge in [-0.1, -0.05) is 58.9 Å². The van der Waals surface area contributed by atoms with E-state index in [1.54, 1.807) is 7.11 Å². The Kier molecular flexibility index (Phi) is 13.0. The second kappa shape index (κ2) is 14.4. The highest BCUT2D eigenvalue weighted by atomic mass is 28.4. The Morgan fingerprint density at radius 3 is 2.11 bits per heavy atom. The molecule has 4 atom stereocenters. The minimum Gasteiger partial charge on any atom is -0.497 e. The van der Waals surface area contributed by atoms with Crippen molar-refractivity contribution in [2.24, 2.45) is 11.8 Å². The van der Waals surface area contributed by atoms with E-state index in [1.165, 1.54) is 11.1 Å². The predicted molar refractivity (Wildman–Crippen MR) is 151 cm³/mol. The lowest BCUT2D eigenvalue weighted by Gasteiger charge is -2.41. The molecule has 0 aliphatic heterocycles. The van der Waals surface area contributed by atoms with Crippen molar-refractivity contribution in [3.05, 3.63) is 53.1 Å². The Hall–Kier alpha value is -1.40. The number of hydrogen-bond acceptors (Lipinski definition) is 4. The summed E-state index contributed by atoms with van der Waals surface area (Å²) < 4.78 is 18.7. The lowest BCUT2D eigenvalue weighted by Crippen LogP contribution is -2.46. The van der Waals surface area contributed by atoms with Crippen LogP contribution in [0.3, 0.4) is 0 Å². The summed E-state index contributed by atoms with van der Waals surface area (Å²) in [5.41, 5.74) is 3.60. The molecule has 0 heterocycles. The molecule has 0 saturated heterocycles. The predicted octanol–water partition coefficient (Wildman–Crippen LogP) is 7.93. The number of hydrogen-bond donors (Lipinski definition) is 1. The number of ether oxygens (including phenoxy) is 2. The van der Waals surface area contributed by atoms with Crippen LogP contribution in [0.4, 0.5) is 0 Å². The Morgan fingerprint density at radius 2 is 1.66 bits per heavy atom. The van der Waals surface area contributed by atoms with Crippen molar-refractivity contribution in [2.45, 2.75) is 105 Å². The van der Waals surface area contributed by atoms with Crippen LogP contribution in [-0.4, -0.2) is 39.3 Å². The number of aliphatic hydroxyl groups is 1. The minimum atomic E-state index is -1.95. The molecule has 0 fully saturated rings. The van der Waals surface area contributed by atoms with Crippen molar-refractivity contribution in [1.29, 1.82) is 0 Å². The summed E-state index contributed by atoms with van der Waals surface area (Å²) in [6.45, 7) is 23.1. The van der Waals surface area contributed by atoms with E-state index in [0.717, 1.165) is 17.7 Å². The molecule has 0 radical (unpaired) electrons. The van der Waals surface area contributed by atoms with Crippen LogP contribution in [0, 0.1) is 11.8 Å². The van der Waals surface area contributed by atoms with Gasteiger partial charge in [-0.3, -0.25) is 0 Å². The molecule has 0 aliphatic rings. The van der Waals surface area contributed by atoms with Gasteiger partial charge in [0.05, 0.1) is 25.9 Å². The normalized spacial score (nSPS) is 17.1. The third-order valence-corrected chi connectivity index (χ3v) is 12.1. The fourth-order valence-electron chi connectivity index (χ4n) is 4.04. The van der Waals surface area contributed by atoms with E-state index in [1.807, 2.05) is 24.3 Å². The maximum absolute atomic E-state index is 9.62. The lowest BCUT2D eigenvalue weighted by molar-refractivity contribution is 0.0222. The average molecular weight is 505 g/mol. The molecule has 1 aromatic carbocycles. The summed E-state index contributed by atoms with van der Waals surface area (Å²) in [5.74, 6) is 1.30. The summed E-state index contributed by atoms with van der Waals surface area (Å²) in [7, 11) is -0.276. The molecule has 0 aromatic heterocycles. The molecular weight excluding hydrogens is 452 g/mol. The van der Waals surface area contributed by atoms with Crippen molar-refractivity contribution in [3.8, 4) is 5.75 Å². The molecule has 0 amide bonds. The van der Waals surface area contributed by atoms with Crippen LogP contribution in [0.1, 0.15) is 73.8 Å². The largest absolute Gasteiger partial charge is 0.497 e. The standard InChI is InChI=1S/C30H52O4Si/c1-12-22(3)29(34-35(10,11)30(6,7)8)26(13-2)20-24(5)28(23(4)18-19-31)33-21-25-14-16-27(32-9)17-15-25/h12,14-17,20,23,26,28-29,31H,13,18-19,21H2,1-11H3/b22-12+,24-20+/t23-,26-,28-,29-/m0/s1. The first kappa shape index (κ1) is 31.6. The number of methoxy groups -OCH3 is 1. The van der Waals surface area contributed by atoms with Crippen LogP contribution >= 0.6 is 0 Å². The van der Waals surface area contributed by atoms with Gasteiger partial charge in [-0.05, 0) is 86.5 Å². The van der Waals surface area contributed by atoms with Gasteiger partial charge >= 0.3 is 0 Å². The maximum atomic E-state index is 9.62. The molecule has 1 aromatic rings. The van der Waals surface area contributed by atoms with E-state index in [4.69, 9.17) is 13.9 Å². The van der Waals surface area contributed by atoms with Crippen LogP contribution in [0.15, 0.2) is 47.6 Å². The number of allylic oxidation sites excluding steroid dienone is 1. The zero-order valence-corrected chi connectivity index (χ0v) is 25.3. The summed E-state index contributed by atoms with van der Waals surface area (Å²) in [5, 5.41) is 9.77. The molecule has 0 bridgehead atoms. The third-order valence-electron chi connectivity index (χ3n) is 7.61. The fourth-order valence-corrected chi connectivity index (χ4v) is 5.38. The molecule has 0 saturated carbocycles. The zero-order valence-electron chi connectivity index (χ0n) is 24.3. The highest BCUT2D eigenvalue weighted by Gasteiger charge is 2.40. The summed E-state index contributed by atoms with van der Waals surface area (Å²) in [6, 6.07) is 8.00. The molecule has 4 nitrogen and oxygen atoms in total. The first-order chi connectivity index (χ1) is 16.3. The van der Waals surface area contributed by atoms with Crippen molar-refractivity contribution in [2.75, 3.05) is 13.7 Å². The monoisotopic (exact) mass is 504 g/mol. The topological polar surface area (TPSA) is 47.9 Å². The Bertz CT molecular complexity index is 805. The first-order valence-corrected chi connectivity index (χ1v) is 16.1. The molecule has 5 heteroatoms. The molecule has 0 aliphatic carbocycles. The number of benzene rings is 1. The molecule has 1 rings (SSSR count). The van der Waals surface area contributed by atoms with Crippen molar-refractivity contribution >= 4 is 8.32 Å². The Labute approximate surface area is 216 Å². The quantitative estimate of drug-likeness (QED) is 0.206. The Morgan fingerprint density at radius 1 is 1.06 bits per heavy atom. The minimum absolute atomic E-state index is 0.0521. The van der Waals surface area contributed by atoms with Crippen molar-refractivity contribution in [3.63, 3.8) is 0 Å². The van der Waals surface area contributed by atoms with E-state index in [9.17, 15) is 5.11 Å². The van der Waals surface area contributed by atoms with Gasteiger partial charge in [0.15, 0.2) is 8.32 Å². The zero-order chi connectivity index (χ0) is 26.8. The van der Waals surface area contributed by atoms with Crippen LogP contribution in [-0.2, 0) is 15.8 Å². The van der Waals surface area contributed by atoms with Gasteiger partial charge in [-0.15, -0.1) is 0 Å². The molecule has 0 unspecified atom stereocenters. The van der Waals surface area contributed by atoms with Crippen LogP contribution in [0.25, 0.3) is 0 Å². The van der Waals surface area contributed by atoms with Gasteiger partial charge in [0.2, 0.25) is 0 Å². The van der Waals surface area contributed by atoms with E-state index in [0.29, 0.717) is 13.0 Å². The molecular formula is C30H52O4Si.